The van der Waals surface area contributed by atoms with Crippen molar-refractivity contribution >= 4 is 5.82 Å². The van der Waals surface area contributed by atoms with Gasteiger partial charge in [-0.05, 0) is 79.8 Å². The highest BCUT2D eigenvalue weighted by molar-refractivity contribution is 5.60. The van der Waals surface area contributed by atoms with Gasteiger partial charge in [0.05, 0.1) is 5.69 Å². The average molecular weight is 445 g/mol. The second-order valence-electron chi connectivity index (χ2n) is 9.31. The third kappa shape index (κ3) is 5.18. The molecular formula is C24H30F2N4O2. The Morgan fingerprint density at radius 2 is 1.72 bits per heavy atom. The van der Waals surface area contributed by atoms with Crippen LogP contribution in [0, 0.1) is 17.8 Å². The Balaban J connectivity index is 1.11. The molecule has 3 aliphatic rings. The van der Waals surface area contributed by atoms with E-state index in [1.54, 1.807) is 12.1 Å². The lowest BCUT2D eigenvalue weighted by atomic mass is 10.00. The summed E-state index contributed by atoms with van der Waals surface area (Å²) < 4.78 is 34.5. The maximum absolute atomic E-state index is 12.3. The van der Waals surface area contributed by atoms with E-state index in [4.69, 9.17) is 4.74 Å². The molecular weight excluding hydrogens is 414 g/mol. The molecule has 172 valence electrons. The van der Waals surface area contributed by atoms with Crippen LogP contribution in [0.15, 0.2) is 36.4 Å². The van der Waals surface area contributed by atoms with E-state index in [1.165, 1.54) is 57.5 Å². The first-order chi connectivity index (χ1) is 15.6. The Kier molecular flexibility index (Phi) is 6.50. The minimum Gasteiger partial charge on any atom is -0.435 e. The molecule has 0 bridgehead atoms. The molecule has 0 radical (unpaired) electrons. The van der Waals surface area contributed by atoms with E-state index in [2.05, 4.69) is 25.2 Å². The first-order valence-electron chi connectivity index (χ1n) is 11.6. The highest BCUT2D eigenvalue weighted by Gasteiger charge is 2.41. The number of nitrogens with zero attached hydrogens (tertiary/aromatic N) is 3. The topological polar surface area (TPSA) is 59.5 Å². The van der Waals surface area contributed by atoms with Crippen molar-refractivity contribution in [1.82, 2.24) is 15.1 Å². The van der Waals surface area contributed by atoms with Gasteiger partial charge in [0, 0.05) is 44.5 Å². The van der Waals surface area contributed by atoms with Crippen LogP contribution in [0.25, 0.3) is 11.3 Å². The van der Waals surface area contributed by atoms with Gasteiger partial charge in [0.2, 0.25) is 0 Å². The number of aromatic nitrogens is 2. The van der Waals surface area contributed by atoms with Crippen molar-refractivity contribution in [1.29, 1.82) is 0 Å². The number of hydrogen-bond acceptors (Lipinski definition) is 6. The summed E-state index contributed by atoms with van der Waals surface area (Å²) in [5.74, 6) is 3.27. The maximum atomic E-state index is 12.3. The first kappa shape index (κ1) is 21.5. The number of rotatable bonds is 7. The van der Waals surface area contributed by atoms with Crippen LogP contribution in [0.4, 0.5) is 14.6 Å². The standard InChI is InChI=1S/C24H30F2N4O2/c25-24(26)32-21-3-1-17(2-4-21)22-5-6-23(29-28-22)27-20-11-18-14-30(15-19(18)12-20)13-16-7-9-31-10-8-16/h1-6,16,18-20,24H,7-15H2,(H,27,29)/t18-,19+,20?. The van der Waals surface area contributed by atoms with E-state index in [-0.39, 0.29) is 5.75 Å². The number of nitrogens with one attached hydrogen (secondary N) is 1. The summed E-state index contributed by atoms with van der Waals surface area (Å²) in [6, 6.07) is 10.7. The second kappa shape index (κ2) is 9.67. The third-order valence-corrected chi connectivity index (χ3v) is 7.08. The van der Waals surface area contributed by atoms with Gasteiger partial charge in [-0.25, -0.2) is 0 Å². The smallest absolute Gasteiger partial charge is 0.387 e. The summed E-state index contributed by atoms with van der Waals surface area (Å²) in [5.41, 5.74) is 1.51. The molecule has 0 amide bonds. The zero-order valence-corrected chi connectivity index (χ0v) is 18.1. The molecule has 1 saturated carbocycles. The molecule has 1 aromatic heterocycles. The largest absolute Gasteiger partial charge is 0.435 e. The third-order valence-electron chi connectivity index (χ3n) is 7.08. The van der Waals surface area contributed by atoms with E-state index >= 15 is 0 Å². The highest BCUT2D eigenvalue weighted by Crippen LogP contribution is 2.39. The Morgan fingerprint density at radius 1 is 1.00 bits per heavy atom. The number of halogens is 2. The van der Waals surface area contributed by atoms with Crippen molar-refractivity contribution in [2.45, 2.75) is 38.3 Å². The minimum absolute atomic E-state index is 0.133. The average Bonchev–Trinajstić information content (AvgIpc) is 3.33. The molecule has 3 heterocycles. The van der Waals surface area contributed by atoms with Gasteiger partial charge in [0.1, 0.15) is 11.6 Å². The lowest BCUT2D eigenvalue weighted by Crippen LogP contribution is -2.32. The van der Waals surface area contributed by atoms with Gasteiger partial charge >= 0.3 is 6.61 Å². The summed E-state index contributed by atoms with van der Waals surface area (Å²) in [5, 5.41) is 12.2. The summed E-state index contributed by atoms with van der Waals surface area (Å²) in [6.07, 6.45) is 4.78. The molecule has 5 rings (SSSR count). The first-order valence-corrected chi connectivity index (χ1v) is 11.6. The fraction of sp³-hybridized carbons (Fsp3) is 0.583. The number of hydrogen-bond donors (Lipinski definition) is 1. The number of fused-ring (bicyclic) bond motifs is 1. The monoisotopic (exact) mass is 444 g/mol. The maximum Gasteiger partial charge on any atom is 0.387 e. The Hall–Kier alpha value is -2.32. The van der Waals surface area contributed by atoms with Crippen molar-refractivity contribution < 1.29 is 18.3 Å². The quantitative estimate of drug-likeness (QED) is 0.688. The fourth-order valence-corrected chi connectivity index (χ4v) is 5.54. The lowest BCUT2D eigenvalue weighted by molar-refractivity contribution is -0.0498. The zero-order valence-electron chi connectivity index (χ0n) is 18.1. The van der Waals surface area contributed by atoms with Crippen molar-refractivity contribution in [2.75, 3.05) is 38.2 Å². The van der Waals surface area contributed by atoms with Crippen molar-refractivity contribution in [3.63, 3.8) is 0 Å². The summed E-state index contributed by atoms with van der Waals surface area (Å²) in [6.45, 7) is 2.70. The summed E-state index contributed by atoms with van der Waals surface area (Å²) in [4.78, 5) is 2.67. The molecule has 3 fully saturated rings. The van der Waals surface area contributed by atoms with Gasteiger partial charge in [0.15, 0.2) is 0 Å². The number of benzene rings is 1. The molecule has 8 heteroatoms. The van der Waals surface area contributed by atoms with E-state index < -0.39 is 6.61 Å². The molecule has 1 aromatic carbocycles. The molecule has 0 spiro atoms. The Bertz CT molecular complexity index is 861. The van der Waals surface area contributed by atoms with Gasteiger partial charge in [-0.15, -0.1) is 10.2 Å². The van der Waals surface area contributed by atoms with E-state index in [9.17, 15) is 8.78 Å². The SMILES string of the molecule is FC(F)Oc1ccc(-c2ccc(NC3C[C@@H]4CN(CC5CCOCC5)C[C@@H]4C3)nn2)cc1. The van der Waals surface area contributed by atoms with Gasteiger partial charge in [0.25, 0.3) is 0 Å². The second-order valence-corrected chi connectivity index (χ2v) is 9.31. The molecule has 3 atom stereocenters. The van der Waals surface area contributed by atoms with E-state index in [0.29, 0.717) is 11.7 Å². The summed E-state index contributed by atoms with van der Waals surface area (Å²) >= 11 is 0. The van der Waals surface area contributed by atoms with Crippen molar-refractivity contribution in [3.8, 4) is 17.0 Å². The number of ether oxygens (including phenoxy) is 2. The predicted molar refractivity (Wildman–Crippen MR) is 118 cm³/mol. The molecule has 2 saturated heterocycles. The molecule has 32 heavy (non-hydrogen) atoms. The normalized spacial score (nSPS) is 26.4. The van der Waals surface area contributed by atoms with Gasteiger partial charge < -0.3 is 19.7 Å². The lowest BCUT2D eigenvalue weighted by Gasteiger charge is -2.27. The van der Waals surface area contributed by atoms with Crippen molar-refractivity contribution in [2.24, 2.45) is 17.8 Å². The van der Waals surface area contributed by atoms with E-state index in [0.717, 1.165) is 42.3 Å². The number of likely N-dealkylation sites (tertiary alicyclic amines) is 1. The highest BCUT2D eigenvalue weighted by atomic mass is 19.3. The van der Waals surface area contributed by atoms with Gasteiger partial charge in [-0.1, -0.05) is 0 Å². The Labute approximate surface area is 187 Å². The van der Waals surface area contributed by atoms with Crippen molar-refractivity contribution in [3.05, 3.63) is 36.4 Å². The molecule has 1 N–H and O–H groups in total. The van der Waals surface area contributed by atoms with Crippen LogP contribution >= 0.6 is 0 Å². The molecule has 1 aliphatic carbocycles. The number of anilines is 1. The Morgan fingerprint density at radius 3 is 2.34 bits per heavy atom. The van der Waals surface area contributed by atoms with Crippen LogP contribution in [-0.4, -0.2) is 60.6 Å². The van der Waals surface area contributed by atoms with Crippen LogP contribution in [0.2, 0.25) is 0 Å². The zero-order chi connectivity index (χ0) is 21.9. The van der Waals surface area contributed by atoms with Crippen LogP contribution in [-0.2, 0) is 4.74 Å². The molecule has 2 aromatic rings. The number of alkyl halides is 2. The van der Waals surface area contributed by atoms with Crippen LogP contribution < -0.4 is 10.1 Å². The molecule has 6 nitrogen and oxygen atoms in total. The van der Waals surface area contributed by atoms with E-state index in [1.807, 2.05) is 12.1 Å². The minimum atomic E-state index is -2.82. The van der Waals surface area contributed by atoms with Crippen LogP contribution in [0.5, 0.6) is 5.75 Å². The van der Waals surface area contributed by atoms with Crippen LogP contribution in [0.3, 0.4) is 0 Å². The predicted octanol–water partition coefficient (Wildman–Crippen LogP) is 4.29. The molecule has 2 aliphatic heterocycles. The molecule has 1 unspecified atom stereocenters. The van der Waals surface area contributed by atoms with Crippen LogP contribution in [0.1, 0.15) is 25.7 Å². The summed E-state index contributed by atoms with van der Waals surface area (Å²) in [7, 11) is 0. The van der Waals surface area contributed by atoms with Gasteiger partial charge in [-0.2, -0.15) is 8.78 Å². The van der Waals surface area contributed by atoms with Gasteiger partial charge in [-0.3, -0.25) is 0 Å². The fourth-order valence-electron chi connectivity index (χ4n) is 5.54.